The molecule has 5 nitrogen and oxygen atoms in total. The highest BCUT2D eigenvalue weighted by Gasteiger charge is 2.17. The first-order chi connectivity index (χ1) is 11.4. The smallest absolute Gasteiger partial charge is 0.250 e. The summed E-state index contributed by atoms with van der Waals surface area (Å²) in [6, 6.07) is 7.56. The maximum absolute atomic E-state index is 14.1. The van der Waals surface area contributed by atoms with Crippen LogP contribution >= 0.6 is 22.6 Å². The predicted molar refractivity (Wildman–Crippen MR) is 95.8 cm³/mol. The summed E-state index contributed by atoms with van der Waals surface area (Å²) in [5.41, 5.74) is 0.874. The lowest BCUT2D eigenvalue weighted by Gasteiger charge is -2.14. The molecular formula is C17H17FINO4. The van der Waals surface area contributed by atoms with Crippen LogP contribution in [0, 0.1) is 9.39 Å². The quantitative estimate of drug-likeness (QED) is 0.402. The number of ether oxygens (including phenoxy) is 1. The third-order valence-electron chi connectivity index (χ3n) is 3.58. The molecule has 128 valence electrons. The Morgan fingerprint density at radius 1 is 1.33 bits per heavy atom. The Bertz CT molecular complexity index is 804. The minimum absolute atomic E-state index is 0.0542. The van der Waals surface area contributed by atoms with Crippen LogP contribution in [0.2, 0.25) is 0 Å². The van der Waals surface area contributed by atoms with Gasteiger partial charge in [0.05, 0.1) is 13.2 Å². The van der Waals surface area contributed by atoms with Crippen LogP contribution in [0.3, 0.4) is 0 Å². The summed E-state index contributed by atoms with van der Waals surface area (Å²) in [7, 11) is 1.55. The van der Waals surface area contributed by atoms with E-state index >= 15 is 0 Å². The number of Topliss-reactive ketones (excluding diaryl/α,β-unsaturated/α-hetero) is 1. The highest BCUT2D eigenvalue weighted by molar-refractivity contribution is 14.1. The van der Waals surface area contributed by atoms with Crippen LogP contribution in [0.1, 0.15) is 21.6 Å². The van der Waals surface area contributed by atoms with Crippen LogP contribution in [-0.2, 0) is 18.2 Å². The van der Waals surface area contributed by atoms with Crippen LogP contribution in [-0.4, -0.2) is 35.3 Å². The number of carbonyl (C=O) groups is 1. The van der Waals surface area contributed by atoms with Gasteiger partial charge in [-0.05, 0) is 46.4 Å². The molecule has 1 aromatic carbocycles. The number of nitrogens with zero attached hydrogens (tertiary/aromatic N) is 1. The summed E-state index contributed by atoms with van der Waals surface area (Å²) in [5, 5.41) is 8.71. The fourth-order valence-corrected chi connectivity index (χ4v) is 2.75. The van der Waals surface area contributed by atoms with Gasteiger partial charge in [-0.15, -0.1) is 0 Å². The second-order valence-electron chi connectivity index (χ2n) is 5.20. The fraction of sp³-hybridized carbons (Fsp3) is 0.294. The number of benzene rings is 1. The van der Waals surface area contributed by atoms with Crippen molar-refractivity contribution in [2.45, 2.75) is 6.42 Å². The SMILES string of the molecule is Cn1c(Cc2ccc(I)cc2F)c(C(=O)COCCO)ccc1=O. The summed E-state index contributed by atoms with van der Waals surface area (Å²) in [4.78, 5) is 24.2. The largest absolute Gasteiger partial charge is 0.394 e. The zero-order chi connectivity index (χ0) is 17.7. The van der Waals surface area contributed by atoms with Gasteiger partial charge in [0.15, 0.2) is 5.78 Å². The van der Waals surface area contributed by atoms with Crippen molar-refractivity contribution in [3.63, 3.8) is 0 Å². The van der Waals surface area contributed by atoms with Gasteiger partial charge in [0.25, 0.3) is 5.56 Å². The number of halogens is 2. The molecule has 0 unspecified atom stereocenters. The number of ketones is 1. The number of hydrogen-bond donors (Lipinski definition) is 1. The lowest BCUT2D eigenvalue weighted by Crippen LogP contribution is -2.24. The van der Waals surface area contributed by atoms with E-state index in [-0.39, 0.29) is 43.4 Å². The minimum Gasteiger partial charge on any atom is -0.394 e. The average Bonchev–Trinajstić information content (AvgIpc) is 2.54. The molecule has 0 atom stereocenters. The molecule has 7 heteroatoms. The normalized spacial score (nSPS) is 10.8. The van der Waals surface area contributed by atoms with E-state index in [0.717, 1.165) is 3.57 Å². The molecule has 0 spiro atoms. The zero-order valence-electron chi connectivity index (χ0n) is 13.1. The Morgan fingerprint density at radius 3 is 2.75 bits per heavy atom. The van der Waals surface area contributed by atoms with E-state index in [1.807, 2.05) is 22.6 Å². The molecule has 0 amide bonds. The Hall–Kier alpha value is -1.58. The molecule has 0 bridgehead atoms. The van der Waals surface area contributed by atoms with E-state index in [2.05, 4.69) is 0 Å². The summed E-state index contributed by atoms with van der Waals surface area (Å²) >= 11 is 2.01. The molecule has 0 aliphatic heterocycles. The number of carbonyl (C=O) groups excluding carboxylic acids is 1. The molecule has 0 aliphatic rings. The Balaban J connectivity index is 2.38. The Kier molecular flexibility index (Phi) is 6.64. The lowest BCUT2D eigenvalue weighted by molar-refractivity contribution is 0.0662. The second kappa shape index (κ2) is 8.50. The second-order valence-corrected chi connectivity index (χ2v) is 6.45. The number of pyridine rings is 1. The molecule has 1 aromatic heterocycles. The van der Waals surface area contributed by atoms with Gasteiger partial charge in [-0.3, -0.25) is 9.59 Å². The van der Waals surface area contributed by atoms with Crippen LogP contribution in [0.15, 0.2) is 35.1 Å². The first kappa shape index (κ1) is 18.8. The fourth-order valence-electron chi connectivity index (χ4n) is 2.30. The molecule has 1 heterocycles. The molecule has 2 aromatic rings. The van der Waals surface area contributed by atoms with Crippen molar-refractivity contribution >= 4 is 28.4 Å². The zero-order valence-corrected chi connectivity index (χ0v) is 15.2. The van der Waals surface area contributed by atoms with Crippen molar-refractivity contribution in [2.24, 2.45) is 7.05 Å². The molecule has 0 saturated heterocycles. The highest BCUT2D eigenvalue weighted by atomic mass is 127. The van der Waals surface area contributed by atoms with E-state index < -0.39 is 0 Å². The van der Waals surface area contributed by atoms with Crippen LogP contribution in [0.5, 0.6) is 0 Å². The molecule has 0 aliphatic carbocycles. The van der Waals surface area contributed by atoms with Crippen LogP contribution in [0.25, 0.3) is 0 Å². The summed E-state index contributed by atoms with van der Waals surface area (Å²) < 4.78 is 21.3. The highest BCUT2D eigenvalue weighted by Crippen LogP contribution is 2.18. The molecule has 0 fully saturated rings. The van der Waals surface area contributed by atoms with Gasteiger partial charge in [-0.2, -0.15) is 0 Å². The minimum atomic E-state index is -0.381. The van der Waals surface area contributed by atoms with Crippen LogP contribution in [0.4, 0.5) is 4.39 Å². The van der Waals surface area contributed by atoms with Crippen molar-refractivity contribution in [1.82, 2.24) is 4.57 Å². The number of rotatable bonds is 7. The lowest BCUT2D eigenvalue weighted by atomic mass is 10.0. The summed E-state index contributed by atoms with van der Waals surface area (Å²) in [6.45, 7) is -0.333. The molecule has 2 rings (SSSR count). The predicted octanol–water partition coefficient (Wildman–Crippen LogP) is 1.91. The van der Waals surface area contributed by atoms with Crippen molar-refractivity contribution in [2.75, 3.05) is 19.8 Å². The molecular weight excluding hydrogens is 428 g/mol. The van der Waals surface area contributed by atoms with Crippen molar-refractivity contribution in [3.05, 3.63) is 66.9 Å². The van der Waals surface area contributed by atoms with E-state index in [1.165, 1.54) is 22.8 Å². The molecule has 0 saturated carbocycles. The van der Waals surface area contributed by atoms with E-state index in [9.17, 15) is 14.0 Å². The molecule has 0 radical (unpaired) electrons. The van der Waals surface area contributed by atoms with Gasteiger partial charge in [0.2, 0.25) is 0 Å². The summed E-state index contributed by atoms with van der Waals surface area (Å²) in [6.07, 6.45) is 0.121. The topological polar surface area (TPSA) is 68.5 Å². The van der Waals surface area contributed by atoms with E-state index in [0.29, 0.717) is 16.8 Å². The third-order valence-corrected chi connectivity index (χ3v) is 4.25. The van der Waals surface area contributed by atoms with Crippen molar-refractivity contribution in [1.29, 1.82) is 0 Å². The van der Waals surface area contributed by atoms with Gasteiger partial charge in [-0.25, -0.2) is 4.39 Å². The summed E-state index contributed by atoms with van der Waals surface area (Å²) in [5.74, 6) is -0.701. The van der Waals surface area contributed by atoms with E-state index in [4.69, 9.17) is 9.84 Å². The third kappa shape index (κ3) is 4.49. The molecule has 24 heavy (non-hydrogen) atoms. The van der Waals surface area contributed by atoms with Crippen LogP contribution < -0.4 is 5.56 Å². The van der Waals surface area contributed by atoms with Gasteiger partial charge in [0.1, 0.15) is 12.4 Å². The van der Waals surface area contributed by atoms with Gasteiger partial charge in [0, 0.05) is 34.4 Å². The first-order valence-electron chi connectivity index (χ1n) is 7.28. The van der Waals surface area contributed by atoms with Gasteiger partial charge >= 0.3 is 0 Å². The van der Waals surface area contributed by atoms with Crippen molar-refractivity contribution in [3.8, 4) is 0 Å². The van der Waals surface area contributed by atoms with Crippen molar-refractivity contribution < 1.29 is 19.0 Å². The first-order valence-corrected chi connectivity index (χ1v) is 8.36. The van der Waals surface area contributed by atoms with Gasteiger partial charge < -0.3 is 14.4 Å². The maximum atomic E-state index is 14.1. The number of aliphatic hydroxyl groups is 1. The van der Waals surface area contributed by atoms with E-state index in [1.54, 1.807) is 19.2 Å². The number of hydrogen-bond acceptors (Lipinski definition) is 4. The monoisotopic (exact) mass is 445 g/mol. The Morgan fingerprint density at radius 2 is 2.08 bits per heavy atom. The molecule has 1 N–H and O–H groups in total. The number of aromatic nitrogens is 1. The standard InChI is InChI=1S/C17H17FINO4/c1-20-15(8-11-2-3-12(19)9-14(11)18)13(4-5-17(20)23)16(22)10-24-7-6-21/h2-5,9,21H,6-8,10H2,1H3. The Labute approximate surface area is 152 Å². The maximum Gasteiger partial charge on any atom is 0.250 e. The van der Waals surface area contributed by atoms with Gasteiger partial charge in [-0.1, -0.05) is 6.07 Å². The number of aliphatic hydroxyl groups excluding tert-OH is 1. The average molecular weight is 445 g/mol.